The summed E-state index contributed by atoms with van der Waals surface area (Å²) in [7, 11) is 0. The molecule has 0 saturated heterocycles. The number of fused-ring (bicyclic) bond motifs is 1. The summed E-state index contributed by atoms with van der Waals surface area (Å²) in [6, 6.07) is 3.50. The van der Waals surface area contributed by atoms with E-state index in [0.29, 0.717) is 35.5 Å². The average Bonchev–Trinajstić information content (AvgIpc) is 2.88. The molecular weight excluding hydrogens is 356 g/mol. The molecule has 0 unspecified atom stereocenters. The van der Waals surface area contributed by atoms with Gasteiger partial charge in [-0.05, 0) is 60.7 Å². The molecule has 2 aromatic rings. The molecule has 1 amide bonds. The summed E-state index contributed by atoms with van der Waals surface area (Å²) in [5.41, 5.74) is 1.82. The van der Waals surface area contributed by atoms with Crippen molar-refractivity contribution in [2.24, 2.45) is 0 Å². The number of rotatable bonds is 7. The highest BCUT2D eigenvalue weighted by molar-refractivity contribution is 9.10. The van der Waals surface area contributed by atoms with Crippen LogP contribution in [0.2, 0.25) is 0 Å². The predicted octanol–water partition coefficient (Wildman–Crippen LogP) is 2.82. The summed E-state index contributed by atoms with van der Waals surface area (Å²) in [6.07, 6.45) is 1.74. The summed E-state index contributed by atoms with van der Waals surface area (Å²) in [4.78, 5) is 18.6. The zero-order valence-electron chi connectivity index (χ0n) is 11.7. The van der Waals surface area contributed by atoms with Gasteiger partial charge >= 0.3 is 0 Å². The third kappa shape index (κ3) is 3.96. The third-order valence-corrected chi connectivity index (χ3v) is 3.89. The van der Waals surface area contributed by atoms with Gasteiger partial charge in [-0.15, -0.1) is 0 Å². The molecule has 0 aliphatic heterocycles. The number of carbonyl (C=O) groups excluding carboxylic acids is 1. The number of aromatic amines is 1. The molecule has 2 rings (SSSR count). The van der Waals surface area contributed by atoms with Crippen LogP contribution in [0, 0.1) is 0 Å². The molecule has 0 aromatic carbocycles. The van der Waals surface area contributed by atoms with E-state index in [1.54, 1.807) is 17.0 Å². The Kier molecular flexibility index (Phi) is 6.01. The Balaban J connectivity index is 2.09. The van der Waals surface area contributed by atoms with Crippen LogP contribution in [-0.2, 0) is 4.18 Å². The van der Waals surface area contributed by atoms with Gasteiger partial charge in [-0.2, -0.15) is 5.10 Å². The van der Waals surface area contributed by atoms with Crippen LogP contribution in [-0.4, -0.2) is 45.7 Å². The molecule has 1 N–H and O–H groups in total. The second kappa shape index (κ2) is 7.77. The maximum absolute atomic E-state index is 12.5. The van der Waals surface area contributed by atoms with Crippen molar-refractivity contribution >= 4 is 45.8 Å². The van der Waals surface area contributed by atoms with Gasteiger partial charge < -0.3 is 9.08 Å². The fourth-order valence-corrected chi connectivity index (χ4v) is 2.53. The molecule has 21 heavy (non-hydrogen) atoms. The van der Waals surface area contributed by atoms with Gasteiger partial charge in [-0.25, -0.2) is 4.98 Å². The average molecular weight is 373 g/mol. The van der Waals surface area contributed by atoms with E-state index in [1.165, 1.54) is 0 Å². The standard InChI is InChI=1S/C13H17BrN4O2S/c1-2-18(7-3-4-8-20-21)13(19)10-6-5-9-11(15-10)12(14)17-16-9/h5-6,21H,2-4,7-8H2,1H3,(H,16,17). The molecule has 2 heterocycles. The van der Waals surface area contributed by atoms with Gasteiger partial charge in [0, 0.05) is 13.1 Å². The van der Waals surface area contributed by atoms with E-state index in [-0.39, 0.29) is 5.91 Å². The zero-order valence-corrected chi connectivity index (χ0v) is 14.2. The number of halogens is 1. The maximum Gasteiger partial charge on any atom is 0.272 e. The molecule has 0 bridgehead atoms. The molecule has 2 aromatic heterocycles. The Morgan fingerprint density at radius 1 is 1.48 bits per heavy atom. The number of H-pyrrole nitrogens is 1. The van der Waals surface area contributed by atoms with Crippen molar-refractivity contribution in [2.45, 2.75) is 19.8 Å². The first-order valence-corrected chi connectivity index (χ1v) is 7.89. The van der Waals surface area contributed by atoms with Crippen molar-refractivity contribution in [3.05, 3.63) is 22.4 Å². The Morgan fingerprint density at radius 2 is 2.29 bits per heavy atom. The Hall–Kier alpha value is -1.12. The number of aromatic nitrogens is 3. The number of thiol groups is 1. The Bertz CT molecular complexity index is 619. The smallest absolute Gasteiger partial charge is 0.272 e. The summed E-state index contributed by atoms with van der Waals surface area (Å²) in [5.74, 6) is -0.0701. The number of hydrogen-bond acceptors (Lipinski definition) is 5. The number of pyridine rings is 1. The van der Waals surface area contributed by atoms with Crippen LogP contribution in [0.4, 0.5) is 0 Å². The lowest BCUT2D eigenvalue weighted by atomic mass is 10.2. The summed E-state index contributed by atoms with van der Waals surface area (Å²) in [6.45, 7) is 3.87. The fourth-order valence-electron chi connectivity index (χ4n) is 2.02. The van der Waals surface area contributed by atoms with Crippen molar-refractivity contribution < 1.29 is 8.98 Å². The number of hydrogen-bond donors (Lipinski definition) is 2. The molecule has 0 radical (unpaired) electrons. The van der Waals surface area contributed by atoms with Gasteiger partial charge in [0.1, 0.15) is 21.3 Å². The van der Waals surface area contributed by atoms with Crippen LogP contribution in [0.1, 0.15) is 30.3 Å². The normalized spacial score (nSPS) is 11.0. The van der Waals surface area contributed by atoms with Crippen LogP contribution < -0.4 is 0 Å². The lowest BCUT2D eigenvalue weighted by molar-refractivity contribution is 0.0754. The highest BCUT2D eigenvalue weighted by Crippen LogP contribution is 2.19. The molecule has 0 aliphatic rings. The number of nitrogens with one attached hydrogen (secondary N) is 1. The minimum Gasteiger partial charge on any atom is -0.338 e. The maximum atomic E-state index is 12.5. The molecule has 8 heteroatoms. The highest BCUT2D eigenvalue weighted by Gasteiger charge is 2.17. The lowest BCUT2D eigenvalue weighted by Gasteiger charge is -2.20. The second-order valence-corrected chi connectivity index (χ2v) is 5.58. The number of amides is 1. The molecule has 0 atom stereocenters. The van der Waals surface area contributed by atoms with Crippen LogP contribution in [0.3, 0.4) is 0 Å². The molecule has 0 aliphatic carbocycles. The second-order valence-electron chi connectivity index (χ2n) is 4.53. The Labute approximate surface area is 137 Å². The van der Waals surface area contributed by atoms with Crippen LogP contribution in [0.5, 0.6) is 0 Å². The minimum atomic E-state index is -0.0701. The van der Waals surface area contributed by atoms with Crippen molar-refractivity contribution in [3.8, 4) is 0 Å². The van der Waals surface area contributed by atoms with Gasteiger partial charge in [0.05, 0.1) is 6.61 Å². The van der Waals surface area contributed by atoms with E-state index < -0.39 is 0 Å². The zero-order chi connectivity index (χ0) is 15.2. The first-order valence-electron chi connectivity index (χ1n) is 6.73. The van der Waals surface area contributed by atoms with E-state index in [4.69, 9.17) is 4.18 Å². The van der Waals surface area contributed by atoms with Crippen molar-refractivity contribution in [1.82, 2.24) is 20.1 Å². The highest BCUT2D eigenvalue weighted by atomic mass is 79.9. The molecule has 0 saturated carbocycles. The van der Waals surface area contributed by atoms with E-state index >= 15 is 0 Å². The molecule has 6 nitrogen and oxygen atoms in total. The largest absolute Gasteiger partial charge is 0.338 e. The van der Waals surface area contributed by atoms with Gasteiger partial charge in [-0.3, -0.25) is 9.89 Å². The van der Waals surface area contributed by atoms with E-state index in [2.05, 4.69) is 44.0 Å². The van der Waals surface area contributed by atoms with Gasteiger partial charge in [0.2, 0.25) is 0 Å². The molecule has 0 spiro atoms. The summed E-state index contributed by atoms with van der Waals surface area (Å²) in [5, 5.41) is 6.87. The minimum absolute atomic E-state index is 0.0701. The van der Waals surface area contributed by atoms with Gasteiger partial charge in [0.15, 0.2) is 0 Å². The molecule has 0 fully saturated rings. The third-order valence-electron chi connectivity index (χ3n) is 3.16. The quantitative estimate of drug-likeness (QED) is 0.445. The summed E-state index contributed by atoms with van der Waals surface area (Å²) >= 11 is 7.04. The van der Waals surface area contributed by atoms with Crippen molar-refractivity contribution in [1.29, 1.82) is 0 Å². The summed E-state index contributed by atoms with van der Waals surface area (Å²) < 4.78 is 5.40. The van der Waals surface area contributed by atoms with Gasteiger partial charge in [0.25, 0.3) is 5.91 Å². The van der Waals surface area contributed by atoms with Crippen molar-refractivity contribution in [3.63, 3.8) is 0 Å². The monoisotopic (exact) mass is 372 g/mol. The van der Waals surface area contributed by atoms with Crippen LogP contribution in [0.15, 0.2) is 16.7 Å². The van der Waals surface area contributed by atoms with E-state index in [9.17, 15) is 4.79 Å². The SMILES string of the molecule is CCN(CCCCOS)C(=O)c1ccc2n[nH]c(Br)c2n1. The predicted molar refractivity (Wildman–Crippen MR) is 87.3 cm³/mol. The molecule has 114 valence electrons. The van der Waals surface area contributed by atoms with E-state index in [0.717, 1.165) is 18.4 Å². The van der Waals surface area contributed by atoms with Gasteiger partial charge in [-0.1, -0.05) is 0 Å². The van der Waals surface area contributed by atoms with Crippen molar-refractivity contribution in [2.75, 3.05) is 19.7 Å². The lowest BCUT2D eigenvalue weighted by Crippen LogP contribution is -2.32. The number of unbranched alkanes of at least 4 members (excludes halogenated alkanes) is 1. The van der Waals surface area contributed by atoms with Crippen LogP contribution >= 0.6 is 28.8 Å². The first kappa shape index (κ1) is 16.3. The van der Waals surface area contributed by atoms with E-state index in [1.807, 2.05) is 6.92 Å². The Morgan fingerprint density at radius 3 is 3.00 bits per heavy atom. The molecular formula is C13H17BrN4O2S. The topological polar surface area (TPSA) is 71.1 Å². The number of nitrogens with zero attached hydrogens (tertiary/aromatic N) is 3. The number of carbonyl (C=O) groups is 1. The first-order chi connectivity index (χ1) is 10.2. The van der Waals surface area contributed by atoms with Crippen LogP contribution in [0.25, 0.3) is 11.0 Å². The fraction of sp³-hybridized carbons (Fsp3) is 0.462.